The van der Waals surface area contributed by atoms with Crippen LogP contribution in [-0.2, 0) is 9.47 Å². The lowest BCUT2D eigenvalue weighted by molar-refractivity contribution is 0.0419. The minimum atomic E-state index is -0.680. The van der Waals surface area contributed by atoms with Crippen LogP contribution in [-0.4, -0.2) is 30.6 Å². The number of methoxy groups -OCH3 is 1. The maximum Gasteiger partial charge on any atom is 0.508 e. The molecule has 0 amide bonds. The summed E-state index contributed by atoms with van der Waals surface area (Å²) in [5.74, 6) is 0. The molecule has 4 nitrogen and oxygen atoms in total. The molecule has 0 fully saturated rings. The Morgan fingerprint density at radius 3 is 2.75 bits per heavy atom. The minimum Gasteiger partial charge on any atom is -0.438 e. The van der Waals surface area contributed by atoms with Crippen molar-refractivity contribution in [2.24, 2.45) is 0 Å². The molecule has 0 heterocycles. The minimum absolute atomic E-state index is 0.249. The number of hydrogen-bond donors (Lipinski definition) is 1. The number of hydrogen-bond acceptors (Lipinski definition) is 4. The number of carbonyl (C=O) groups is 1. The largest absolute Gasteiger partial charge is 0.508 e. The van der Waals surface area contributed by atoms with E-state index in [9.17, 15) is 4.79 Å². The summed E-state index contributed by atoms with van der Waals surface area (Å²) in [6, 6.07) is 0. The molecule has 1 aliphatic carbocycles. The number of aliphatic hydroxyl groups excluding tert-OH is 1. The second-order valence-electron chi connectivity index (χ2n) is 2.64. The van der Waals surface area contributed by atoms with Gasteiger partial charge in [0.1, 0.15) is 6.10 Å². The van der Waals surface area contributed by atoms with Crippen LogP contribution in [0.5, 0.6) is 0 Å². The third-order valence-electron chi connectivity index (χ3n) is 1.71. The van der Waals surface area contributed by atoms with Crippen molar-refractivity contribution >= 4 is 6.16 Å². The molecule has 0 aliphatic heterocycles. The second-order valence-corrected chi connectivity index (χ2v) is 2.64. The highest BCUT2D eigenvalue weighted by molar-refractivity contribution is 5.60. The van der Waals surface area contributed by atoms with Crippen molar-refractivity contribution in [2.45, 2.75) is 25.0 Å². The topological polar surface area (TPSA) is 55.8 Å². The second kappa shape index (κ2) is 4.11. The average Bonchev–Trinajstić information content (AvgIpc) is 2.09. The fourth-order valence-electron chi connectivity index (χ4n) is 1.05. The van der Waals surface area contributed by atoms with E-state index >= 15 is 0 Å². The van der Waals surface area contributed by atoms with Gasteiger partial charge in [-0.05, 0) is 18.9 Å². The van der Waals surface area contributed by atoms with Crippen molar-refractivity contribution in [1.29, 1.82) is 0 Å². The molecular weight excluding hydrogens is 160 g/mol. The van der Waals surface area contributed by atoms with E-state index in [1.165, 1.54) is 7.11 Å². The van der Waals surface area contributed by atoms with Crippen molar-refractivity contribution < 1.29 is 19.4 Å². The fraction of sp³-hybridized carbons (Fsp3) is 0.625. The quantitative estimate of drug-likeness (QED) is 0.470. The summed E-state index contributed by atoms with van der Waals surface area (Å²) in [4.78, 5) is 10.6. The Hall–Kier alpha value is -1.03. The molecule has 0 saturated heterocycles. The lowest BCUT2D eigenvalue weighted by atomic mass is 10.0. The first kappa shape index (κ1) is 9.06. The number of carbonyl (C=O) groups excluding carboxylic acids is 1. The van der Waals surface area contributed by atoms with E-state index in [1.807, 2.05) is 0 Å². The zero-order chi connectivity index (χ0) is 8.97. The molecule has 0 aromatic rings. The lowest BCUT2D eigenvalue weighted by Gasteiger charge is -2.18. The Bertz CT molecular complexity index is 187. The zero-order valence-corrected chi connectivity index (χ0v) is 6.90. The zero-order valence-electron chi connectivity index (χ0n) is 6.90. The SMILES string of the molecule is COC(=O)O[C@@H]1C=C[C@H](O)CC1. The summed E-state index contributed by atoms with van der Waals surface area (Å²) in [5, 5.41) is 9.06. The highest BCUT2D eigenvalue weighted by atomic mass is 16.7. The average molecular weight is 172 g/mol. The van der Waals surface area contributed by atoms with Gasteiger partial charge >= 0.3 is 6.16 Å². The third-order valence-corrected chi connectivity index (χ3v) is 1.71. The van der Waals surface area contributed by atoms with Crippen LogP contribution in [0.1, 0.15) is 12.8 Å². The number of ether oxygens (including phenoxy) is 2. The maximum absolute atomic E-state index is 10.6. The normalized spacial score (nSPS) is 28.2. The molecule has 4 heteroatoms. The Morgan fingerprint density at radius 1 is 1.50 bits per heavy atom. The van der Waals surface area contributed by atoms with Gasteiger partial charge in [-0.3, -0.25) is 0 Å². The van der Waals surface area contributed by atoms with Crippen molar-refractivity contribution in [1.82, 2.24) is 0 Å². The molecule has 2 atom stereocenters. The highest BCUT2D eigenvalue weighted by Crippen LogP contribution is 2.14. The molecule has 68 valence electrons. The van der Waals surface area contributed by atoms with Gasteiger partial charge in [0, 0.05) is 0 Å². The smallest absolute Gasteiger partial charge is 0.438 e. The van der Waals surface area contributed by atoms with Crippen LogP contribution in [0, 0.1) is 0 Å². The van der Waals surface area contributed by atoms with E-state index in [4.69, 9.17) is 9.84 Å². The number of aliphatic hydroxyl groups is 1. The van der Waals surface area contributed by atoms with Gasteiger partial charge in [-0.1, -0.05) is 6.08 Å². The first-order valence-corrected chi connectivity index (χ1v) is 3.83. The van der Waals surface area contributed by atoms with Crippen molar-refractivity contribution in [3.63, 3.8) is 0 Å². The van der Waals surface area contributed by atoms with Crippen LogP contribution in [0.15, 0.2) is 12.2 Å². The van der Waals surface area contributed by atoms with E-state index in [1.54, 1.807) is 12.2 Å². The Kier molecular flexibility index (Phi) is 3.10. The van der Waals surface area contributed by atoms with Gasteiger partial charge in [0.25, 0.3) is 0 Å². The fourth-order valence-corrected chi connectivity index (χ4v) is 1.05. The summed E-state index contributed by atoms with van der Waals surface area (Å²) in [5.41, 5.74) is 0. The van der Waals surface area contributed by atoms with Crippen molar-refractivity contribution in [3.05, 3.63) is 12.2 Å². The van der Waals surface area contributed by atoms with Crippen LogP contribution in [0.4, 0.5) is 4.79 Å². The molecule has 1 aliphatic rings. The Labute approximate surface area is 70.8 Å². The van der Waals surface area contributed by atoms with Gasteiger partial charge < -0.3 is 14.6 Å². The molecular formula is C8H12O4. The van der Waals surface area contributed by atoms with Gasteiger partial charge in [0.15, 0.2) is 0 Å². The predicted octanol–water partition coefficient (Wildman–Crippen LogP) is 0.849. The van der Waals surface area contributed by atoms with Crippen LogP contribution in [0.2, 0.25) is 0 Å². The van der Waals surface area contributed by atoms with E-state index in [-0.39, 0.29) is 6.10 Å². The molecule has 0 aromatic heterocycles. The van der Waals surface area contributed by atoms with E-state index in [2.05, 4.69) is 4.74 Å². The molecule has 0 aromatic carbocycles. The molecule has 1 rings (SSSR count). The Balaban J connectivity index is 2.35. The number of rotatable bonds is 1. The lowest BCUT2D eigenvalue weighted by Crippen LogP contribution is -2.22. The summed E-state index contributed by atoms with van der Waals surface area (Å²) >= 11 is 0. The van der Waals surface area contributed by atoms with Crippen molar-refractivity contribution in [2.75, 3.05) is 7.11 Å². The molecule has 12 heavy (non-hydrogen) atoms. The first-order valence-electron chi connectivity index (χ1n) is 3.83. The van der Waals surface area contributed by atoms with E-state index < -0.39 is 12.3 Å². The highest BCUT2D eigenvalue weighted by Gasteiger charge is 2.17. The molecule has 1 N–H and O–H groups in total. The molecule has 0 radical (unpaired) electrons. The standard InChI is InChI=1S/C8H12O4/c1-11-8(10)12-7-4-2-6(9)3-5-7/h2,4,6-7,9H,3,5H2,1H3/t6-,7+/m0/s1. The van der Waals surface area contributed by atoms with Crippen molar-refractivity contribution in [3.8, 4) is 0 Å². The van der Waals surface area contributed by atoms with E-state index in [0.29, 0.717) is 12.8 Å². The summed E-state index contributed by atoms with van der Waals surface area (Å²) in [6.07, 6.45) is 3.23. The van der Waals surface area contributed by atoms with Crippen LogP contribution < -0.4 is 0 Å². The van der Waals surface area contributed by atoms with Gasteiger partial charge in [-0.15, -0.1) is 0 Å². The first-order chi connectivity index (χ1) is 5.72. The van der Waals surface area contributed by atoms with E-state index in [0.717, 1.165) is 0 Å². The third kappa shape index (κ3) is 2.54. The van der Waals surface area contributed by atoms with Gasteiger partial charge in [-0.2, -0.15) is 0 Å². The van der Waals surface area contributed by atoms with Gasteiger partial charge in [0.05, 0.1) is 13.2 Å². The van der Waals surface area contributed by atoms with Gasteiger partial charge in [-0.25, -0.2) is 4.79 Å². The summed E-state index contributed by atoms with van der Waals surface area (Å²) in [7, 11) is 1.27. The molecule has 0 bridgehead atoms. The Morgan fingerprint density at radius 2 is 2.25 bits per heavy atom. The summed E-state index contributed by atoms with van der Waals surface area (Å²) in [6.45, 7) is 0. The van der Waals surface area contributed by atoms with Gasteiger partial charge in [0.2, 0.25) is 0 Å². The summed E-state index contributed by atoms with van der Waals surface area (Å²) < 4.78 is 9.15. The molecule has 0 spiro atoms. The predicted molar refractivity (Wildman–Crippen MR) is 41.7 cm³/mol. The van der Waals surface area contributed by atoms with Crippen LogP contribution >= 0.6 is 0 Å². The monoisotopic (exact) mass is 172 g/mol. The molecule has 0 saturated carbocycles. The molecule has 0 unspecified atom stereocenters. The maximum atomic E-state index is 10.6. The van der Waals surface area contributed by atoms with Crippen LogP contribution in [0.25, 0.3) is 0 Å². The van der Waals surface area contributed by atoms with Crippen LogP contribution in [0.3, 0.4) is 0 Å².